The zero-order chi connectivity index (χ0) is 34.9. The van der Waals surface area contributed by atoms with Crippen molar-refractivity contribution >= 4 is 32.6 Å². The second-order valence-electron chi connectivity index (χ2n) is 13.9. The summed E-state index contributed by atoms with van der Waals surface area (Å²) in [4.78, 5) is 5.18. The van der Waals surface area contributed by atoms with Crippen LogP contribution in [0.3, 0.4) is 0 Å². The maximum atomic E-state index is 5.18. The Morgan fingerprint density at radius 1 is 0.340 bits per heavy atom. The molecule has 0 amide bonds. The molecule has 10 aromatic rings. The molecule has 9 aromatic carbocycles. The molecule has 0 saturated carbocycles. The third kappa shape index (κ3) is 4.56. The number of rotatable bonds is 5. The average Bonchev–Trinajstić information content (AvgIpc) is 3.78. The Morgan fingerprint density at radius 2 is 0.943 bits per heavy atom. The number of nitrogens with zero attached hydrogens (tertiary/aromatic N) is 2. The van der Waals surface area contributed by atoms with E-state index in [9.17, 15) is 0 Å². The van der Waals surface area contributed by atoms with Crippen LogP contribution < -0.4 is 0 Å². The second kappa shape index (κ2) is 11.8. The maximum absolute atomic E-state index is 5.18. The molecule has 0 spiro atoms. The number of hydrogen-bond acceptors (Lipinski definition) is 1. The van der Waals surface area contributed by atoms with Gasteiger partial charge in [0.2, 0.25) is 0 Å². The van der Waals surface area contributed by atoms with Gasteiger partial charge in [-0.2, -0.15) is 0 Å². The van der Waals surface area contributed by atoms with Crippen molar-refractivity contribution in [3.63, 3.8) is 0 Å². The lowest BCUT2D eigenvalue weighted by molar-refractivity contribution is 1.10. The molecular weight excluding hydrogens is 641 g/mol. The molecule has 0 N–H and O–H groups in total. The van der Waals surface area contributed by atoms with Crippen molar-refractivity contribution in [1.29, 1.82) is 0 Å². The molecule has 0 unspecified atom stereocenters. The van der Waals surface area contributed by atoms with E-state index in [0.29, 0.717) is 0 Å². The molecule has 0 fully saturated rings. The van der Waals surface area contributed by atoms with E-state index in [0.717, 1.165) is 28.1 Å². The number of benzene rings is 9. The van der Waals surface area contributed by atoms with Crippen molar-refractivity contribution < 1.29 is 0 Å². The molecule has 0 aliphatic heterocycles. The summed E-state index contributed by atoms with van der Waals surface area (Å²) in [6.45, 7) is 0. The van der Waals surface area contributed by atoms with Gasteiger partial charge in [0.15, 0.2) is 0 Å². The van der Waals surface area contributed by atoms with Gasteiger partial charge < -0.3 is 0 Å². The minimum atomic E-state index is 0.936. The summed E-state index contributed by atoms with van der Waals surface area (Å²) < 4.78 is 2.28. The quantitative estimate of drug-likeness (QED) is 0.178. The summed E-state index contributed by atoms with van der Waals surface area (Å²) >= 11 is 0. The summed E-state index contributed by atoms with van der Waals surface area (Å²) in [6.07, 6.45) is 0. The van der Waals surface area contributed by atoms with Crippen molar-refractivity contribution in [2.75, 3.05) is 0 Å². The summed E-state index contributed by atoms with van der Waals surface area (Å²) in [5.74, 6) is 0.936. The van der Waals surface area contributed by atoms with Crippen LogP contribution in [-0.4, -0.2) is 9.55 Å². The first-order chi connectivity index (χ1) is 26.3. The van der Waals surface area contributed by atoms with Gasteiger partial charge in [-0.1, -0.05) is 158 Å². The molecule has 0 radical (unpaired) electrons. The third-order valence-corrected chi connectivity index (χ3v) is 10.9. The normalized spacial score (nSPS) is 11.8. The lowest BCUT2D eigenvalue weighted by Gasteiger charge is -2.17. The third-order valence-electron chi connectivity index (χ3n) is 10.9. The molecule has 53 heavy (non-hydrogen) atoms. The van der Waals surface area contributed by atoms with Crippen LogP contribution in [0.15, 0.2) is 194 Å². The molecule has 0 bridgehead atoms. The topological polar surface area (TPSA) is 17.8 Å². The highest BCUT2D eigenvalue weighted by Gasteiger charge is 2.28. The van der Waals surface area contributed by atoms with Crippen molar-refractivity contribution in [2.24, 2.45) is 0 Å². The molecule has 0 saturated heterocycles. The maximum Gasteiger partial charge on any atom is 0.145 e. The van der Waals surface area contributed by atoms with Crippen molar-refractivity contribution in [2.45, 2.75) is 0 Å². The van der Waals surface area contributed by atoms with Gasteiger partial charge in [0.05, 0.1) is 11.0 Å². The van der Waals surface area contributed by atoms with E-state index in [1.807, 2.05) is 0 Å². The molecule has 11 rings (SSSR count). The largest absolute Gasteiger partial charge is 0.292 e. The van der Waals surface area contributed by atoms with Crippen LogP contribution in [0.4, 0.5) is 0 Å². The summed E-state index contributed by atoms with van der Waals surface area (Å²) in [6, 6.07) is 70.3. The SMILES string of the molecule is c1ccc(-c2cccc3c(-c4ccccc4)c4c(cc23)-c2ccc(-c3cccc(-c5nc6ccccc6n5-c5ccccc5)c3)c3cccc-4c23)cc1. The highest BCUT2D eigenvalue weighted by molar-refractivity contribution is 6.25. The molecule has 2 heteroatoms. The summed E-state index contributed by atoms with van der Waals surface area (Å²) in [5, 5.41) is 5.12. The number of para-hydroxylation sites is 3. The average molecular weight is 673 g/mol. The predicted octanol–water partition coefficient (Wildman–Crippen LogP) is 13.6. The molecule has 1 aliphatic rings. The number of hydrogen-bond donors (Lipinski definition) is 0. The van der Waals surface area contributed by atoms with E-state index < -0.39 is 0 Å². The molecule has 1 aliphatic carbocycles. The number of aromatic nitrogens is 2. The molecule has 1 aromatic heterocycles. The fourth-order valence-corrected chi connectivity index (χ4v) is 8.67. The number of imidazole rings is 1. The summed E-state index contributed by atoms with van der Waals surface area (Å²) in [5.41, 5.74) is 16.9. The van der Waals surface area contributed by atoms with E-state index in [1.54, 1.807) is 0 Å². The molecule has 246 valence electrons. The first-order valence-corrected chi connectivity index (χ1v) is 18.2. The zero-order valence-corrected chi connectivity index (χ0v) is 28.9. The highest BCUT2D eigenvalue weighted by Crippen LogP contribution is 2.55. The minimum absolute atomic E-state index is 0.936. The fraction of sp³-hybridized carbons (Fsp3) is 0. The van der Waals surface area contributed by atoms with Gasteiger partial charge in [-0.3, -0.25) is 4.57 Å². The number of fused-ring (bicyclic) bond motifs is 5. The Hall–Kier alpha value is -7.03. The van der Waals surface area contributed by atoms with Gasteiger partial charge in [-0.25, -0.2) is 4.98 Å². The molecule has 2 nitrogen and oxygen atoms in total. The van der Waals surface area contributed by atoms with Crippen LogP contribution in [0.2, 0.25) is 0 Å². The smallest absolute Gasteiger partial charge is 0.145 e. The summed E-state index contributed by atoms with van der Waals surface area (Å²) in [7, 11) is 0. The zero-order valence-electron chi connectivity index (χ0n) is 28.9. The highest BCUT2D eigenvalue weighted by atomic mass is 15.1. The first kappa shape index (κ1) is 29.7. The van der Waals surface area contributed by atoms with Crippen LogP contribution in [-0.2, 0) is 0 Å². The first-order valence-electron chi connectivity index (χ1n) is 18.2. The van der Waals surface area contributed by atoms with E-state index in [-0.39, 0.29) is 0 Å². The monoisotopic (exact) mass is 672 g/mol. The lowest BCUT2D eigenvalue weighted by Crippen LogP contribution is -1.97. The van der Waals surface area contributed by atoms with Crippen LogP contribution >= 0.6 is 0 Å². The van der Waals surface area contributed by atoms with Gasteiger partial charge in [-0.05, 0) is 114 Å². The van der Waals surface area contributed by atoms with E-state index in [4.69, 9.17) is 4.98 Å². The molecule has 1 heterocycles. The second-order valence-corrected chi connectivity index (χ2v) is 13.9. The molecular formula is C51H32N2. The Bertz CT molecular complexity index is 3030. The van der Waals surface area contributed by atoms with Crippen LogP contribution in [0.5, 0.6) is 0 Å². The molecule has 0 atom stereocenters. The Balaban J connectivity index is 1.14. The van der Waals surface area contributed by atoms with Gasteiger partial charge in [0.25, 0.3) is 0 Å². The Morgan fingerprint density at radius 3 is 1.75 bits per heavy atom. The van der Waals surface area contributed by atoms with E-state index >= 15 is 0 Å². The standard InChI is InChI=1S/C51H32N2/c1-4-15-33(16-5-1)38-23-13-25-41-44(38)32-45-42-30-29-39(40-24-14-26-43(49(40)42)50(45)48(41)34-17-6-2-7-18-34)35-19-12-20-36(31-35)51-52-46-27-10-11-28-47(46)53(51)37-21-8-3-9-22-37/h1-32H. The lowest BCUT2D eigenvalue weighted by atomic mass is 9.86. The predicted molar refractivity (Wildman–Crippen MR) is 222 cm³/mol. The fourth-order valence-electron chi connectivity index (χ4n) is 8.67. The van der Waals surface area contributed by atoms with Gasteiger partial charge in [0.1, 0.15) is 5.82 Å². The Labute approximate surface area is 307 Å². The van der Waals surface area contributed by atoms with Crippen LogP contribution in [0.25, 0.3) is 105 Å². The van der Waals surface area contributed by atoms with Gasteiger partial charge in [-0.15, -0.1) is 0 Å². The van der Waals surface area contributed by atoms with Gasteiger partial charge in [0, 0.05) is 11.3 Å². The van der Waals surface area contributed by atoms with Gasteiger partial charge >= 0.3 is 0 Å². The minimum Gasteiger partial charge on any atom is -0.292 e. The van der Waals surface area contributed by atoms with Crippen molar-refractivity contribution in [1.82, 2.24) is 9.55 Å². The Kier molecular flexibility index (Phi) is 6.59. The van der Waals surface area contributed by atoms with Crippen LogP contribution in [0.1, 0.15) is 0 Å². The van der Waals surface area contributed by atoms with E-state index in [1.165, 1.54) is 77.2 Å². The van der Waals surface area contributed by atoms with Crippen molar-refractivity contribution in [3.8, 4) is 72.7 Å². The van der Waals surface area contributed by atoms with E-state index in [2.05, 4.69) is 199 Å². The van der Waals surface area contributed by atoms with Crippen molar-refractivity contribution in [3.05, 3.63) is 194 Å². The van der Waals surface area contributed by atoms with Crippen LogP contribution in [0, 0.1) is 0 Å².